The van der Waals surface area contributed by atoms with Gasteiger partial charge in [0.25, 0.3) is 0 Å². The molecule has 0 saturated heterocycles. The van der Waals surface area contributed by atoms with Gasteiger partial charge in [-0.2, -0.15) is 10.5 Å². The van der Waals surface area contributed by atoms with Crippen LogP contribution in [-0.4, -0.2) is 13.4 Å². The molecular weight excluding hydrogens is 192 g/mol. The number of aldehydes is 1. The Hall–Kier alpha value is -2.33. The van der Waals surface area contributed by atoms with Crippen LogP contribution < -0.4 is 4.74 Å². The van der Waals surface area contributed by atoms with Crippen LogP contribution in [-0.2, 0) is 6.42 Å². The minimum absolute atomic E-state index is 0.123. The van der Waals surface area contributed by atoms with Crippen molar-refractivity contribution in [3.8, 4) is 17.9 Å². The van der Waals surface area contributed by atoms with Crippen LogP contribution in [0.5, 0.6) is 5.75 Å². The van der Waals surface area contributed by atoms with Gasteiger partial charge < -0.3 is 4.74 Å². The molecule has 0 atom stereocenters. The third-order valence-electron chi connectivity index (χ3n) is 1.97. The lowest BCUT2D eigenvalue weighted by atomic mass is 10.0. The summed E-state index contributed by atoms with van der Waals surface area (Å²) >= 11 is 0. The van der Waals surface area contributed by atoms with Crippen molar-refractivity contribution in [3.63, 3.8) is 0 Å². The Labute approximate surface area is 87.3 Å². The first-order chi connectivity index (χ1) is 7.26. The first-order valence-corrected chi connectivity index (χ1v) is 4.20. The Morgan fingerprint density at radius 2 is 2.20 bits per heavy atom. The number of carbonyl (C=O) groups excluding carboxylic acids is 1. The fraction of sp³-hybridized carbons (Fsp3) is 0.182. The number of benzene rings is 1. The number of ether oxygens (including phenoxy) is 1. The molecule has 0 N–H and O–H groups in total. The third-order valence-corrected chi connectivity index (χ3v) is 1.97. The predicted molar refractivity (Wildman–Crippen MR) is 52.4 cm³/mol. The molecule has 4 heteroatoms. The van der Waals surface area contributed by atoms with Crippen molar-refractivity contribution in [1.29, 1.82) is 10.5 Å². The summed E-state index contributed by atoms with van der Waals surface area (Å²) in [6.07, 6.45) is 0.744. The highest BCUT2D eigenvalue weighted by molar-refractivity contribution is 5.80. The van der Waals surface area contributed by atoms with Crippen molar-refractivity contribution in [2.24, 2.45) is 0 Å². The normalized spacial score (nSPS) is 8.73. The summed E-state index contributed by atoms with van der Waals surface area (Å²) in [5.74, 6) is 0.384. The molecule has 0 aliphatic rings. The van der Waals surface area contributed by atoms with E-state index in [1.165, 1.54) is 13.2 Å². The highest BCUT2D eigenvalue weighted by Crippen LogP contribution is 2.22. The summed E-state index contributed by atoms with van der Waals surface area (Å²) in [7, 11) is 1.44. The number of nitriles is 2. The fourth-order valence-electron chi connectivity index (χ4n) is 1.24. The van der Waals surface area contributed by atoms with Gasteiger partial charge in [0, 0.05) is 0 Å². The molecule has 4 nitrogen and oxygen atoms in total. The van der Waals surface area contributed by atoms with Gasteiger partial charge in [-0.25, -0.2) is 0 Å². The SMILES string of the molecule is COc1cc(CC#N)c(C#N)cc1C=O. The Bertz CT molecular complexity index is 467. The molecule has 1 aromatic rings. The van der Waals surface area contributed by atoms with Crippen molar-refractivity contribution >= 4 is 6.29 Å². The summed E-state index contributed by atoms with van der Waals surface area (Å²) in [5, 5.41) is 17.4. The molecule has 0 aliphatic heterocycles. The van der Waals surface area contributed by atoms with E-state index in [-0.39, 0.29) is 6.42 Å². The van der Waals surface area contributed by atoms with Gasteiger partial charge in [-0.15, -0.1) is 0 Å². The monoisotopic (exact) mass is 200 g/mol. The molecule has 0 bridgehead atoms. The number of hydrogen-bond acceptors (Lipinski definition) is 4. The van der Waals surface area contributed by atoms with Crippen LogP contribution in [0.1, 0.15) is 21.5 Å². The van der Waals surface area contributed by atoms with Crippen molar-refractivity contribution < 1.29 is 9.53 Å². The van der Waals surface area contributed by atoms with Gasteiger partial charge in [-0.05, 0) is 17.7 Å². The van der Waals surface area contributed by atoms with Gasteiger partial charge in [0.2, 0.25) is 0 Å². The van der Waals surface area contributed by atoms with Crippen LogP contribution in [0.3, 0.4) is 0 Å². The molecular formula is C11H8N2O2. The first kappa shape index (κ1) is 10.7. The zero-order valence-electron chi connectivity index (χ0n) is 8.15. The van der Waals surface area contributed by atoms with E-state index in [2.05, 4.69) is 0 Å². The summed E-state index contributed by atoms with van der Waals surface area (Å²) in [4.78, 5) is 10.7. The Balaban J connectivity index is 3.36. The topological polar surface area (TPSA) is 73.9 Å². The molecule has 15 heavy (non-hydrogen) atoms. The summed E-state index contributed by atoms with van der Waals surface area (Å²) in [6, 6.07) is 6.87. The molecule has 0 spiro atoms. The zero-order chi connectivity index (χ0) is 11.3. The molecule has 0 saturated carbocycles. The molecule has 0 fully saturated rings. The maximum absolute atomic E-state index is 10.7. The molecule has 0 aromatic heterocycles. The van der Waals surface area contributed by atoms with Crippen molar-refractivity contribution in [2.75, 3.05) is 7.11 Å². The highest BCUT2D eigenvalue weighted by atomic mass is 16.5. The average molecular weight is 200 g/mol. The minimum Gasteiger partial charge on any atom is -0.496 e. The summed E-state index contributed by atoms with van der Waals surface area (Å²) in [5.41, 5.74) is 1.22. The molecule has 0 aliphatic carbocycles. The highest BCUT2D eigenvalue weighted by Gasteiger charge is 2.09. The van der Waals surface area contributed by atoms with Crippen LogP contribution in [0.25, 0.3) is 0 Å². The number of methoxy groups -OCH3 is 1. The molecule has 0 heterocycles. The Morgan fingerprint density at radius 3 is 2.67 bits per heavy atom. The quantitative estimate of drug-likeness (QED) is 0.692. The minimum atomic E-state index is 0.123. The van der Waals surface area contributed by atoms with E-state index in [0.717, 1.165) is 0 Å². The second-order valence-corrected chi connectivity index (χ2v) is 2.82. The Morgan fingerprint density at radius 1 is 1.47 bits per heavy atom. The second kappa shape index (κ2) is 4.78. The van der Waals surface area contributed by atoms with Crippen LogP contribution in [0.2, 0.25) is 0 Å². The van der Waals surface area contributed by atoms with Crippen LogP contribution >= 0.6 is 0 Å². The lowest BCUT2D eigenvalue weighted by molar-refractivity contribution is 0.112. The molecule has 0 amide bonds. The number of hydrogen-bond donors (Lipinski definition) is 0. The van der Waals surface area contributed by atoms with E-state index >= 15 is 0 Å². The molecule has 0 radical (unpaired) electrons. The van der Waals surface area contributed by atoms with Crippen molar-refractivity contribution in [3.05, 3.63) is 28.8 Å². The molecule has 1 rings (SSSR count). The number of nitrogens with zero attached hydrogens (tertiary/aromatic N) is 2. The lowest BCUT2D eigenvalue weighted by Gasteiger charge is -2.06. The van der Waals surface area contributed by atoms with E-state index < -0.39 is 0 Å². The third kappa shape index (κ3) is 2.12. The Kier molecular flexibility index (Phi) is 3.43. The largest absolute Gasteiger partial charge is 0.496 e. The molecule has 1 aromatic carbocycles. The van der Waals surface area contributed by atoms with E-state index in [0.29, 0.717) is 28.7 Å². The lowest BCUT2D eigenvalue weighted by Crippen LogP contribution is -1.96. The number of rotatable bonds is 3. The van der Waals surface area contributed by atoms with Gasteiger partial charge >= 0.3 is 0 Å². The van der Waals surface area contributed by atoms with Gasteiger partial charge in [-0.1, -0.05) is 0 Å². The van der Waals surface area contributed by atoms with E-state index in [9.17, 15) is 4.79 Å². The van der Waals surface area contributed by atoms with Crippen LogP contribution in [0.4, 0.5) is 0 Å². The smallest absolute Gasteiger partial charge is 0.153 e. The van der Waals surface area contributed by atoms with Crippen molar-refractivity contribution in [1.82, 2.24) is 0 Å². The second-order valence-electron chi connectivity index (χ2n) is 2.82. The van der Waals surface area contributed by atoms with Crippen molar-refractivity contribution in [2.45, 2.75) is 6.42 Å². The molecule has 0 unspecified atom stereocenters. The van der Waals surface area contributed by atoms with E-state index in [1.807, 2.05) is 12.1 Å². The van der Waals surface area contributed by atoms with Crippen LogP contribution in [0.15, 0.2) is 12.1 Å². The predicted octanol–water partition coefficient (Wildman–Crippen LogP) is 1.45. The van der Waals surface area contributed by atoms with E-state index in [4.69, 9.17) is 15.3 Å². The van der Waals surface area contributed by atoms with Gasteiger partial charge in [0.05, 0.1) is 36.8 Å². The van der Waals surface area contributed by atoms with Gasteiger partial charge in [0.1, 0.15) is 5.75 Å². The average Bonchev–Trinajstić information content (AvgIpc) is 2.28. The fourth-order valence-corrected chi connectivity index (χ4v) is 1.24. The number of carbonyl (C=O) groups is 1. The molecule has 74 valence electrons. The van der Waals surface area contributed by atoms with E-state index in [1.54, 1.807) is 6.07 Å². The van der Waals surface area contributed by atoms with Gasteiger partial charge in [0.15, 0.2) is 6.29 Å². The summed E-state index contributed by atoms with van der Waals surface area (Å²) in [6.45, 7) is 0. The summed E-state index contributed by atoms with van der Waals surface area (Å²) < 4.78 is 4.97. The maximum atomic E-state index is 10.7. The van der Waals surface area contributed by atoms with Crippen LogP contribution in [0, 0.1) is 22.7 Å². The maximum Gasteiger partial charge on any atom is 0.153 e. The first-order valence-electron chi connectivity index (χ1n) is 4.20. The van der Waals surface area contributed by atoms with Gasteiger partial charge in [-0.3, -0.25) is 4.79 Å². The zero-order valence-corrected chi connectivity index (χ0v) is 8.15. The standard InChI is InChI=1S/C11H8N2O2/c1-15-11-5-8(2-3-12)9(6-13)4-10(11)7-14/h4-5,7H,2H2,1H3.